The number of benzene rings is 1. The fourth-order valence-electron chi connectivity index (χ4n) is 2.96. The van der Waals surface area contributed by atoms with Gasteiger partial charge in [-0.05, 0) is 40.2 Å². The van der Waals surface area contributed by atoms with Crippen LogP contribution in [0.2, 0.25) is 0 Å². The lowest BCUT2D eigenvalue weighted by Crippen LogP contribution is -2.49. The molecule has 3 rings (SSSR count). The Hall–Kier alpha value is -1.66. The maximum atomic E-state index is 12.2. The Morgan fingerprint density at radius 3 is 2.53 bits per heavy atom. The molecule has 1 saturated heterocycles. The van der Waals surface area contributed by atoms with Crippen LogP contribution in [-0.4, -0.2) is 75.3 Å². The molecule has 9 nitrogen and oxygen atoms in total. The minimum absolute atomic E-state index is 0.124. The summed E-state index contributed by atoms with van der Waals surface area (Å²) in [5.41, 5.74) is 1.83. The zero-order chi connectivity index (χ0) is 21.7. The number of H-pyrrole nitrogens is 1. The summed E-state index contributed by atoms with van der Waals surface area (Å²) in [7, 11) is 3.63. The van der Waals surface area contributed by atoms with Crippen LogP contribution in [0, 0.1) is 0 Å². The minimum Gasteiger partial charge on any atom is -0.487 e. The highest BCUT2D eigenvalue weighted by atomic mass is 79.9. The number of nitrogens with zero attached hydrogens (tertiary/aromatic N) is 4. The van der Waals surface area contributed by atoms with Crippen LogP contribution in [0.5, 0.6) is 5.75 Å². The van der Waals surface area contributed by atoms with Crippen molar-refractivity contribution in [2.75, 3.05) is 51.2 Å². The van der Waals surface area contributed by atoms with E-state index >= 15 is 0 Å². The van der Waals surface area contributed by atoms with Crippen LogP contribution in [0.3, 0.4) is 0 Å². The highest BCUT2D eigenvalue weighted by molar-refractivity contribution is 9.10. The van der Waals surface area contributed by atoms with E-state index in [0.29, 0.717) is 15.9 Å². The van der Waals surface area contributed by atoms with Gasteiger partial charge in [-0.1, -0.05) is 11.6 Å². The SMILES string of the molecule is CN(C)S(=O)N1CCN(c2ccc(OCc3[nH]nc(C(=O)OCCl)c3Br)cc2)CC1. The molecule has 1 atom stereocenters. The lowest BCUT2D eigenvalue weighted by molar-refractivity contribution is 0.0566. The molecule has 1 aliphatic rings. The van der Waals surface area contributed by atoms with E-state index in [-0.39, 0.29) is 18.4 Å². The van der Waals surface area contributed by atoms with Gasteiger partial charge in [0.25, 0.3) is 0 Å². The molecule has 0 spiro atoms. The van der Waals surface area contributed by atoms with E-state index in [9.17, 15) is 9.00 Å². The molecule has 2 heterocycles. The summed E-state index contributed by atoms with van der Waals surface area (Å²) < 4.78 is 26.8. The number of rotatable bonds is 8. The first-order valence-electron chi connectivity index (χ1n) is 9.18. The number of carbonyl (C=O) groups is 1. The van der Waals surface area contributed by atoms with Crippen LogP contribution >= 0.6 is 27.5 Å². The zero-order valence-corrected chi connectivity index (χ0v) is 19.8. The van der Waals surface area contributed by atoms with Crippen molar-refractivity contribution in [1.29, 1.82) is 0 Å². The smallest absolute Gasteiger partial charge is 0.361 e. The van der Waals surface area contributed by atoms with E-state index in [1.54, 1.807) is 4.31 Å². The van der Waals surface area contributed by atoms with Gasteiger partial charge in [-0.25, -0.2) is 17.6 Å². The molecule has 164 valence electrons. The van der Waals surface area contributed by atoms with Gasteiger partial charge in [0.1, 0.15) is 12.4 Å². The molecular formula is C18H23BrClN5O4S. The van der Waals surface area contributed by atoms with Gasteiger partial charge < -0.3 is 14.4 Å². The summed E-state index contributed by atoms with van der Waals surface area (Å²) in [6.07, 6.45) is 0. The minimum atomic E-state index is -1.09. The summed E-state index contributed by atoms with van der Waals surface area (Å²) in [6.45, 7) is 3.30. The van der Waals surface area contributed by atoms with Gasteiger partial charge in [-0.3, -0.25) is 5.10 Å². The van der Waals surface area contributed by atoms with Crippen LogP contribution in [0.1, 0.15) is 16.2 Å². The van der Waals surface area contributed by atoms with E-state index < -0.39 is 17.1 Å². The van der Waals surface area contributed by atoms with Gasteiger partial charge in [0, 0.05) is 46.0 Å². The zero-order valence-electron chi connectivity index (χ0n) is 16.6. The maximum Gasteiger partial charge on any atom is 0.361 e. The van der Waals surface area contributed by atoms with Gasteiger partial charge >= 0.3 is 5.97 Å². The van der Waals surface area contributed by atoms with Crippen LogP contribution in [0.15, 0.2) is 28.7 Å². The number of halogens is 2. The summed E-state index contributed by atoms with van der Waals surface area (Å²) in [5, 5.41) is 6.69. The van der Waals surface area contributed by atoms with Crippen LogP contribution < -0.4 is 9.64 Å². The highest BCUT2D eigenvalue weighted by Crippen LogP contribution is 2.24. The molecular weight excluding hydrogens is 498 g/mol. The number of esters is 1. The van der Waals surface area contributed by atoms with Crippen LogP contribution in [0.25, 0.3) is 0 Å². The molecule has 0 radical (unpaired) electrons. The van der Waals surface area contributed by atoms with Crippen molar-refractivity contribution in [2.24, 2.45) is 0 Å². The first-order chi connectivity index (χ1) is 14.4. The third kappa shape index (κ3) is 5.52. The molecule has 0 aliphatic carbocycles. The number of aromatic nitrogens is 2. The Morgan fingerprint density at radius 2 is 1.93 bits per heavy atom. The number of ether oxygens (including phenoxy) is 2. The predicted molar refractivity (Wildman–Crippen MR) is 119 cm³/mol. The molecule has 12 heteroatoms. The Morgan fingerprint density at radius 1 is 1.27 bits per heavy atom. The maximum absolute atomic E-state index is 12.2. The third-order valence-corrected chi connectivity index (χ3v) is 6.91. The lowest BCUT2D eigenvalue weighted by atomic mass is 10.2. The second-order valence-corrected chi connectivity index (χ2v) is 9.37. The normalized spacial score (nSPS) is 16.0. The van der Waals surface area contributed by atoms with Crippen molar-refractivity contribution >= 4 is 50.4 Å². The van der Waals surface area contributed by atoms with E-state index in [1.165, 1.54) is 0 Å². The Labute approximate surface area is 191 Å². The number of alkyl halides is 1. The van der Waals surface area contributed by atoms with E-state index in [2.05, 4.69) is 31.0 Å². The van der Waals surface area contributed by atoms with Crippen molar-refractivity contribution < 1.29 is 18.5 Å². The highest BCUT2D eigenvalue weighted by Gasteiger charge is 2.23. The average Bonchev–Trinajstić information content (AvgIpc) is 3.12. The predicted octanol–water partition coefficient (Wildman–Crippen LogP) is 2.37. The van der Waals surface area contributed by atoms with E-state index in [4.69, 9.17) is 21.1 Å². The molecule has 1 unspecified atom stereocenters. The molecule has 1 N–H and O–H groups in total. The first-order valence-corrected chi connectivity index (χ1v) is 11.6. The Balaban J connectivity index is 1.53. The van der Waals surface area contributed by atoms with Crippen LogP contribution in [-0.2, 0) is 22.5 Å². The number of hydrogen-bond donors (Lipinski definition) is 1. The van der Waals surface area contributed by atoms with Gasteiger partial charge in [-0.15, -0.1) is 0 Å². The quantitative estimate of drug-likeness (QED) is 0.424. The topological polar surface area (TPSA) is 91.0 Å². The standard InChI is InChI=1S/C18H23BrClN5O4S/c1-23(2)30(27)25-9-7-24(8-10-25)13-3-5-14(6-4-13)28-11-15-16(19)17(22-21-15)18(26)29-12-20/h3-6H,7-12H2,1-2H3,(H,21,22). The monoisotopic (exact) mass is 519 g/mol. The first kappa shape index (κ1) is 23.0. The van der Waals surface area contributed by atoms with E-state index in [0.717, 1.165) is 31.9 Å². The van der Waals surface area contributed by atoms with Crippen LogP contribution in [0.4, 0.5) is 5.69 Å². The van der Waals surface area contributed by atoms with Gasteiger partial charge in [0.15, 0.2) is 22.9 Å². The molecule has 2 aromatic rings. The fraction of sp³-hybridized carbons (Fsp3) is 0.444. The molecule has 0 amide bonds. The summed E-state index contributed by atoms with van der Waals surface area (Å²) in [5.74, 6) is 0.0794. The summed E-state index contributed by atoms with van der Waals surface area (Å²) >= 11 is 7.65. The van der Waals surface area contributed by atoms with Crippen molar-refractivity contribution in [3.05, 3.63) is 40.1 Å². The van der Waals surface area contributed by atoms with Crippen molar-refractivity contribution in [1.82, 2.24) is 18.8 Å². The molecule has 0 bridgehead atoms. The Kier molecular flexibility index (Phi) is 8.12. The van der Waals surface area contributed by atoms with Gasteiger partial charge in [0.2, 0.25) is 0 Å². The van der Waals surface area contributed by atoms with Crippen molar-refractivity contribution in [3.63, 3.8) is 0 Å². The number of nitrogens with one attached hydrogen (secondary N) is 1. The molecule has 30 heavy (non-hydrogen) atoms. The van der Waals surface area contributed by atoms with Crippen molar-refractivity contribution in [3.8, 4) is 5.75 Å². The number of carbonyl (C=O) groups excluding carboxylic acids is 1. The second kappa shape index (κ2) is 10.6. The fourth-order valence-corrected chi connectivity index (χ4v) is 4.45. The molecule has 0 saturated carbocycles. The third-order valence-electron chi connectivity index (χ3n) is 4.51. The molecule has 1 aromatic heterocycles. The van der Waals surface area contributed by atoms with Crippen molar-refractivity contribution in [2.45, 2.75) is 6.61 Å². The molecule has 1 aliphatic heterocycles. The number of hydrogen-bond acceptors (Lipinski definition) is 6. The second-order valence-electron chi connectivity index (χ2n) is 6.65. The summed E-state index contributed by atoms with van der Waals surface area (Å²) in [4.78, 5) is 14.0. The lowest BCUT2D eigenvalue weighted by Gasteiger charge is -2.36. The summed E-state index contributed by atoms with van der Waals surface area (Å²) in [6, 6.07) is 7.55. The van der Waals surface area contributed by atoms with Gasteiger partial charge in [-0.2, -0.15) is 5.10 Å². The number of piperazine rings is 1. The molecule has 1 fully saturated rings. The van der Waals surface area contributed by atoms with E-state index in [1.807, 2.05) is 42.7 Å². The Bertz CT molecular complexity index is 887. The average molecular weight is 521 g/mol. The number of aromatic amines is 1. The molecule has 1 aromatic carbocycles. The largest absolute Gasteiger partial charge is 0.487 e. The number of anilines is 1. The van der Waals surface area contributed by atoms with Gasteiger partial charge in [0.05, 0.1) is 10.2 Å².